The Bertz CT molecular complexity index is 668. The summed E-state index contributed by atoms with van der Waals surface area (Å²) in [5.41, 5.74) is 1.08. The van der Waals surface area contributed by atoms with Crippen LogP contribution < -0.4 is 5.32 Å². The summed E-state index contributed by atoms with van der Waals surface area (Å²) in [5.74, 6) is 1.87. The van der Waals surface area contributed by atoms with Crippen LogP contribution in [0.1, 0.15) is 11.5 Å². The van der Waals surface area contributed by atoms with Crippen molar-refractivity contribution in [2.75, 3.05) is 5.32 Å². The zero-order chi connectivity index (χ0) is 12.4. The topological polar surface area (TPSA) is 38.1 Å². The van der Waals surface area contributed by atoms with E-state index in [1.54, 1.807) is 0 Å². The standard InChI is InChI=1S/C15H14N2O/c1-11-5-6-13(18-11)9-17-15-4-2-3-12-7-8-16-10-14(12)15/h2-8,10,17H,9H2,1H3. The number of furan rings is 1. The van der Waals surface area contributed by atoms with Crippen LogP contribution in [0.3, 0.4) is 0 Å². The van der Waals surface area contributed by atoms with Crippen molar-refractivity contribution in [3.8, 4) is 0 Å². The Hall–Kier alpha value is -2.29. The third-order valence-corrected chi connectivity index (χ3v) is 2.93. The SMILES string of the molecule is Cc1ccc(CNc2cccc3ccncc23)o1. The molecule has 0 saturated carbocycles. The van der Waals surface area contributed by atoms with E-state index in [2.05, 4.69) is 22.4 Å². The molecule has 3 aromatic rings. The summed E-state index contributed by atoms with van der Waals surface area (Å²) in [4.78, 5) is 4.17. The maximum absolute atomic E-state index is 5.54. The number of rotatable bonds is 3. The minimum atomic E-state index is 0.682. The number of aryl methyl sites for hydroxylation is 1. The van der Waals surface area contributed by atoms with Crippen LogP contribution in [0.2, 0.25) is 0 Å². The number of anilines is 1. The largest absolute Gasteiger partial charge is 0.465 e. The molecule has 0 unspecified atom stereocenters. The molecule has 2 heterocycles. The molecule has 0 saturated heterocycles. The van der Waals surface area contributed by atoms with Gasteiger partial charge in [0, 0.05) is 23.5 Å². The van der Waals surface area contributed by atoms with Gasteiger partial charge in [-0.2, -0.15) is 0 Å². The summed E-state index contributed by atoms with van der Waals surface area (Å²) in [6.45, 7) is 2.63. The summed E-state index contributed by atoms with van der Waals surface area (Å²) >= 11 is 0. The van der Waals surface area contributed by atoms with E-state index >= 15 is 0 Å². The number of hydrogen-bond donors (Lipinski definition) is 1. The fraction of sp³-hybridized carbons (Fsp3) is 0.133. The zero-order valence-corrected chi connectivity index (χ0v) is 10.2. The minimum Gasteiger partial charge on any atom is -0.465 e. The molecule has 1 aromatic carbocycles. The van der Waals surface area contributed by atoms with Crippen LogP contribution in [0, 0.1) is 6.92 Å². The average Bonchev–Trinajstić information content (AvgIpc) is 2.82. The highest BCUT2D eigenvalue weighted by atomic mass is 16.3. The third-order valence-electron chi connectivity index (χ3n) is 2.93. The van der Waals surface area contributed by atoms with Gasteiger partial charge in [0.15, 0.2) is 0 Å². The Kier molecular flexibility index (Phi) is 2.73. The molecule has 90 valence electrons. The van der Waals surface area contributed by atoms with Crippen LogP contribution in [0.15, 0.2) is 53.2 Å². The highest BCUT2D eigenvalue weighted by Gasteiger charge is 2.02. The molecule has 0 amide bonds. The van der Waals surface area contributed by atoms with Crippen molar-refractivity contribution in [1.29, 1.82) is 0 Å². The molecule has 1 N–H and O–H groups in total. The molecule has 0 radical (unpaired) electrons. The molecule has 3 heteroatoms. The third kappa shape index (κ3) is 2.07. The lowest BCUT2D eigenvalue weighted by atomic mass is 10.1. The second-order valence-electron chi connectivity index (χ2n) is 4.27. The van der Waals surface area contributed by atoms with Gasteiger partial charge < -0.3 is 9.73 Å². The van der Waals surface area contributed by atoms with Crippen molar-refractivity contribution >= 4 is 16.5 Å². The lowest BCUT2D eigenvalue weighted by Crippen LogP contribution is -1.98. The van der Waals surface area contributed by atoms with Gasteiger partial charge >= 0.3 is 0 Å². The van der Waals surface area contributed by atoms with E-state index in [1.165, 1.54) is 5.39 Å². The first-order valence-corrected chi connectivity index (χ1v) is 5.95. The van der Waals surface area contributed by atoms with Crippen molar-refractivity contribution in [2.45, 2.75) is 13.5 Å². The molecule has 3 rings (SSSR count). The number of nitrogens with zero attached hydrogens (tertiary/aromatic N) is 1. The number of nitrogens with one attached hydrogen (secondary N) is 1. The quantitative estimate of drug-likeness (QED) is 0.755. The molecule has 0 aliphatic carbocycles. The lowest BCUT2D eigenvalue weighted by molar-refractivity contribution is 0.490. The van der Waals surface area contributed by atoms with Crippen molar-refractivity contribution in [1.82, 2.24) is 4.98 Å². The van der Waals surface area contributed by atoms with Gasteiger partial charge in [-0.3, -0.25) is 4.98 Å². The van der Waals surface area contributed by atoms with Crippen LogP contribution in [0.5, 0.6) is 0 Å². The molecule has 2 aromatic heterocycles. The predicted molar refractivity (Wildman–Crippen MR) is 72.5 cm³/mol. The summed E-state index contributed by atoms with van der Waals surface area (Å²) in [5, 5.41) is 5.70. The van der Waals surface area contributed by atoms with Gasteiger partial charge in [0.05, 0.1) is 6.54 Å². The van der Waals surface area contributed by atoms with Gasteiger partial charge in [0.25, 0.3) is 0 Å². The van der Waals surface area contributed by atoms with Crippen LogP contribution in [0.25, 0.3) is 10.8 Å². The molecule has 0 aliphatic rings. The molecule has 0 aliphatic heterocycles. The average molecular weight is 238 g/mol. The second kappa shape index (κ2) is 4.53. The van der Waals surface area contributed by atoms with Crippen LogP contribution >= 0.6 is 0 Å². The Labute approximate surface area is 105 Å². The molecule has 3 nitrogen and oxygen atoms in total. The Balaban J connectivity index is 1.86. The molecule has 0 spiro atoms. The van der Waals surface area contributed by atoms with Gasteiger partial charge in [-0.05, 0) is 36.6 Å². The van der Waals surface area contributed by atoms with Crippen molar-refractivity contribution in [2.24, 2.45) is 0 Å². The van der Waals surface area contributed by atoms with E-state index in [0.717, 1.165) is 22.6 Å². The predicted octanol–water partition coefficient (Wildman–Crippen LogP) is 3.75. The number of hydrogen-bond acceptors (Lipinski definition) is 3. The number of fused-ring (bicyclic) bond motifs is 1. The first-order chi connectivity index (χ1) is 8.83. The fourth-order valence-electron chi connectivity index (χ4n) is 2.03. The fourth-order valence-corrected chi connectivity index (χ4v) is 2.03. The van der Waals surface area contributed by atoms with Crippen molar-refractivity contribution in [3.63, 3.8) is 0 Å². The maximum Gasteiger partial charge on any atom is 0.123 e. The van der Waals surface area contributed by atoms with Crippen LogP contribution in [0.4, 0.5) is 5.69 Å². The molecule has 0 fully saturated rings. The summed E-state index contributed by atoms with van der Waals surface area (Å²) in [7, 11) is 0. The number of pyridine rings is 1. The van der Waals surface area contributed by atoms with Gasteiger partial charge in [-0.1, -0.05) is 12.1 Å². The van der Waals surface area contributed by atoms with E-state index in [-0.39, 0.29) is 0 Å². The minimum absolute atomic E-state index is 0.682. The molecular formula is C15H14N2O. The van der Waals surface area contributed by atoms with E-state index < -0.39 is 0 Å². The summed E-state index contributed by atoms with van der Waals surface area (Å²) in [6.07, 6.45) is 3.69. The molecular weight excluding hydrogens is 224 g/mol. The first kappa shape index (κ1) is 10.8. The van der Waals surface area contributed by atoms with Gasteiger partial charge in [-0.15, -0.1) is 0 Å². The van der Waals surface area contributed by atoms with Crippen molar-refractivity contribution < 1.29 is 4.42 Å². The highest BCUT2D eigenvalue weighted by Crippen LogP contribution is 2.22. The van der Waals surface area contributed by atoms with Crippen LogP contribution in [-0.4, -0.2) is 4.98 Å². The molecule has 0 bridgehead atoms. The maximum atomic E-state index is 5.54. The second-order valence-corrected chi connectivity index (χ2v) is 4.27. The van der Waals surface area contributed by atoms with Gasteiger partial charge in [-0.25, -0.2) is 0 Å². The van der Waals surface area contributed by atoms with E-state index in [1.807, 2.05) is 43.6 Å². The van der Waals surface area contributed by atoms with Crippen molar-refractivity contribution in [3.05, 3.63) is 60.3 Å². The van der Waals surface area contributed by atoms with Gasteiger partial charge in [0.2, 0.25) is 0 Å². The smallest absolute Gasteiger partial charge is 0.123 e. The van der Waals surface area contributed by atoms with Crippen LogP contribution in [-0.2, 0) is 6.54 Å². The monoisotopic (exact) mass is 238 g/mol. The van der Waals surface area contributed by atoms with E-state index in [0.29, 0.717) is 6.54 Å². The first-order valence-electron chi connectivity index (χ1n) is 5.95. The summed E-state index contributed by atoms with van der Waals surface area (Å²) in [6, 6.07) is 12.2. The molecule has 18 heavy (non-hydrogen) atoms. The zero-order valence-electron chi connectivity index (χ0n) is 10.2. The number of aromatic nitrogens is 1. The van der Waals surface area contributed by atoms with E-state index in [9.17, 15) is 0 Å². The Morgan fingerprint density at radius 3 is 2.94 bits per heavy atom. The van der Waals surface area contributed by atoms with Gasteiger partial charge in [0.1, 0.15) is 11.5 Å². The molecule has 0 atom stereocenters. The lowest BCUT2D eigenvalue weighted by Gasteiger charge is -2.07. The normalized spacial score (nSPS) is 10.7. The Morgan fingerprint density at radius 2 is 2.11 bits per heavy atom. The summed E-state index contributed by atoms with van der Waals surface area (Å²) < 4.78 is 5.54. The van der Waals surface area contributed by atoms with E-state index in [4.69, 9.17) is 4.42 Å². The number of benzene rings is 1. The highest BCUT2D eigenvalue weighted by molar-refractivity contribution is 5.92. The Morgan fingerprint density at radius 1 is 1.17 bits per heavy atom.